The first-order chi connectivity index (χ1) is 13.5. The average Bonchev–Trinajstić information content (AvgIpc) is 2.68. The summed E-state index contributed by atoms with van der Waals surface area (Å²) in [6.45, 7) is 4.85. The third-order valence-corrected chi connectivity index (χ3v) is 5.15. The molecule has 2 N–H and O–H groups in total. The van der Waals surface area contributed by atoms with E-state index < -0.39 is 24.6 Å². The molecule has 2 aromatic rings. The van der Waals surface area contributed by atoms with Crippen LogP contribution in [0.5, 0.6) is 5.75 Å². The van der Waals surface area contributed by atoms with E-state index in [1.54, 1.807) is 0 Å². The number of aliphatic hydroxyl groups excluding tert-OH is 2. The van der Waals surface area contributed by atoms with Crippen molar-refractivity contribution in [1.82, 2.24) is 0 Å². The first kappa shape index (κ1) is 21.1. The topological polar surface area (TPSA) is 68.2 Å². The van der Waals surface area contributed by atoms with Crippen molar-refractivity contribution in [3.63, 3.8) is 0 Å². The van der Waals surface area contributed by atoms with Gasteiger partial charge < -0.3 is 24.4 Å². The van der Waals surface area contributed by atoms with Crippen molar-refractivity contribution in [3.05, 3.63) is 64.2 Å². The number of hydrogen-bond donors (Lipinski definition) is 2. The van der Waals surface area contributed by atoms with Gasteiger partial charge in [-0.15, -0.1) is 0 Å². The number of ether oxygens (including phenoxy) is 3. The second kappa shape index (κ2) is 9.72. The van der Waals surface area contributed by atoms with E-state index in [-0.39, 0.29) is 6.42 Å². The van der Waals surface area contributed by atoms with Gasteiger partial charge in [0, 0.05) is 18.1 Å². The Morgan fingerprint density at radius 3 is 2.46 bits per heavy atom. The first-order valence-electron chi connectivity index (χ1n) is 9.65. The van der Waals surface area contributed by atoms with E-state index in [4.69, 9.17) is 25.8 Å². The Morgan fingerprint density at radius 2 is 1.79 bits per heavy atom. The van der Waals surface area contributed by atoms with Crippen LogP contribution in [0.1, 0.15) is 43.1 Å². The van der Waals surface area contributed by atoms with Gasteiger partial charge in [-0.05, 0) is 55.2 Å². The minimum Gasteiger partial charge on any atom is -0.494 e. The zero-order chi connectivity index (χ0) is 20.1. The summed E-state index contributed by atoms with van der Waals surface area (Å²) in [5, 5.41) is 21.1. The summed E-state index contributed by atoms with van der Waals surface area (Å²) >= 11 is 6.41. The molecule has 5 nitrogen and oxygen atoms in total. The van der Waals surface area contributed by atoms with Crippen LogP contribution in [0.25, 0.3) is 0 Å². The van der Waals surface area contributed by atoms with Crippen LogP contribution in [0.2, 0.25) is 5.02 Å². The zero-order valence-electron chi connectivity index (χ0n) is 16.2. The Balaban J connectivity index is 1.78. The molecular formula is C22H27ClO5. The molecule has 3 rings (SSSR count). The van der Waals surface area contributed by atoms with Crippen LogP contribution in [0.4, 0.5) is 0 Å². The van der Waals surface area contributed by atoms with Crippen LogP contribution < -0.4 is 4.74 Å². The molecule has 0 bridgehead atoms. The lowest BCUT2D eigenvalue weighted by Gasteiger charge is -2.37. The van der Waals surface area contributed by atoms with Crippen molar-refractivity contribution in [2.75, 3.05) is 13.2 Å². The monoisotopic (exact) mass is 406 g/mol. The van der Waals surface area contributed by atoms with Crippen molar-refractivity contribution in [3.8, 4) is 5.75 Å². The van der Waals surface area contributed by atoms with Gasteiger partial charge in [-0.25, -0.2) is 0 Å². The molecule has 0 aliphatic carbocycles. The van der Waals surface area contributed by atoms with E-state index in [0.717, 1.165) is 22.4 Å². The van der Waals surface area contributed by atoms with Crippen molar-refractivity contribution in [2.24, 2.45) is 0 Å². The van der Waals surface area contributed by atoms with E-state index in [1.165, 1.54) is 0 Å². The molecule has 1 aliphatic rings. The van der Waals surface area contributed by atoms with Crippen LogP contribution in [0.3, 0.4) is 0 Å². The van der Waals surface area contributed by atoms with Crippen LogP contribution in [0.15, 0.2) is 42.5 Å². The Hall–Kier alpha value is -1.63. The van der Waals surface area contributed by atoms with E-state index in [0.29, 0.717) is 24.7 Å². The number of hydrogen-bond acceptors (Lipinski definition) is 5. The maximum absolute atomic E-state index is 10.4. The summed E-state index contributed by atoms with van der Waals surface area (Å²) in [5.74, 6) is 0.838. The largest absolute Gasteiger partial charge is 0.494 e. The van der Waals surface area contributed by atoms with Gasteiger partial charge in [-0.2, -0.15) is 0 Å². The van der Waals surface area contributed by atoms with E-state index in [2.05, 4.69) is 0 Å². The number of aliphatic hydroxyl groups is 2. The van der Waals surface area contributed by atoms with Crippen LogP contribution >= 0.6 is 11.6 Å². The fraction of sp³-hybridized carbons (Fsp3) is 0.455. The Bertz CT molecular complexity index is 764. The van der Waals surface area contributed by atoms with Crippen molar-refractivity contribution in [1.29, 1.82) is 0 Å². The molecule has 2 aromatic carbocycles. The Kier molecular flexibility index (Phi) is 7.32. The van der Waals surface area contributed by atoms with Crippen molar-refractivity contribution >= 4 is 11.6 Å². The predicted octanol–water partition coefficient (Wildman–Crippen LogP) is 3.88. The molecule has 1 fully saturated rings. The van der Waals surface area contributed by atoms with Gasteiger partial charge in [0.05, 0.1) is 12.7 Å². The van der Waals surface area contributed by atoms with Crippen molar-refractivity contribution in [2.45, 2.75) is 51.3 Å². The minimum atomic E-state index is -0.846. The highest BCUT2D eigenvalue weighted by Crippen LogP contribution is 2.34. The highest BCUT2D eigenvalue weighted by atomic mass is 35.5. The summed E-state index contributed by atoms with van der Waals surface area (Å²) in [5.41, 5.74) is 2.86. The molecule has 152 valence electrons. The van der Waals surface area contributed by atoms with Gasteiger partial charge in [0.2, 0.25) is 0 Å². The number of benzene rings is 2. The quantitative estimate of drug-likeness (QED) is 0.730. The van der Waals surface area contributed by atoms with E-state index in [1.807, 2.05) is 56.3 Å². The lowest BCUT2D eigenvalue weighted by molar-refractivity contribution is -0.266. The van der Waals surface area contributed by atoms with Gasteiger partial charge >= 0.3 is 0 Å². The van der Waals surface area contributed by atoms with Crippen molar-refractivity contribution < 1.29 is 24.4 Å². The van der Waals surface area contributed by atoms with Crippen LogP contribution in [0, 0.1) is 0 Å². The highest BCUT2D eigenvalue weighted by Gasteiger charge is 2.37. The molecule has 28 heavy (non-hydrogen) atoms. The van der Waals surface area contributed by atoms with Gasteiger partial charge in [-0.1, -0.05) is 35.9 Å². The van der Waals surface area contributed by atoms with E-state index in [9.17, 15) is 10.2 Å². The maximum atomic E-state index is 10.4. The highest BCUT2D eigenvalue weighted by molar-refractivity contribution is 6.31. The summed E-state index contributed by atoms with van der Waals surface area (Å²) in [7, 11) is 0. The smallest absolute Gasteiger partial charge is 0.184 e. The van der Waals surface area contributed by atoms with Gasteiger partial charge in [0.15, 0.2) is 6.29 Å². The molecular weight excluding hydrogens is 380 g/mol. The lowest BCUT2D eigenvalue weighted by Crippen LogP contribution is -2.44. The molecule has 1 saturated heterocycles. The van der Waals surface area contributed by atoms with Crippen LogP contribution in [-0.4, -0.2) is 41.9 Å². The second-order valence-corrected chi connectivity index (χ2v) is 7.26. The van der Waals surface area contributed by atoms with Gasteiger partial charge in [0.1, 0.15) is 18.0 Å². The van der Waals surface area contributed by atoms with Gasteiger partial charge in [0.25, 0.3) is 0 Å². The molecule has 0 saturated carbocycles. The molecule has 6 heteroatoms. The fourth-order valence-corrected chi connectivity index (χ4v) is 3.60. The maximum Gasteiger partial charge on any atom is 0.184 e. The summed E-state index contributed by atoms with van der Waals surface area (Å²) in [6.07, 6.45) is -2.13. The van der Waals surface area contributed by atoms with E-state index >= 15 is 0 Å². The average molecular weight is 407 g/mol. The molecule has 0 aromatic heterocycles. The molecule has 0 spiro atoms. The normalized spacial score (nSPS) is 24.9. The molecule has 0 radical (unpaired) electrons. The second-order valence-electron chi connectivity index (χ2n) is 6.86. The standard InChI is InChI=1S/C22H27ClO5/c1-3-26-17-8-5-14(6-9-17)11-16-12-15(7-10-18(16)23)21-19(24)13-20(25)22(28-21)27-4-2/h5-10,12,19-22,24-25H,3-4,11,13H2,1-2H3/t19-,20+,21+,22?/m1/s1. The predicted molar refractivity (Wildman–Crippen MR) is 108 cm³/mol. The molecule has 1 aliphatic heterocycles. The Morgan fingerprint density at radius 1 is 1.04 bits per heavy atom. The molecule has 4 atom stereocenters. The molecule has 1 unspecified atom stereocenters. The third-order valence-electron chi connectivity index (χ3n) is 4.79. The third kappa shape index (κ3) is 5.04. The molecule has 1 heterocycles. The first-order valence-corrected chi connectivity index (χ1v) is 10.0. The zero-order valence-corrected chi connectivity index (χ0v) is 16.9. The van der Waals surface area contributed by atoms with Gasteiger partial charge in [-0.3, -0.25) is 0 Å². The Labute approximate surface area is 170 Å². The number of halogens is 1. The minimum absolute atomic E-state index is 0.201. The van der Waals surface area contributed by atoms with Crippen LogP contribution in [-0.2, 0) is 15.9 Å². The fourth-order valence-electron chi connectivity index (χ4n) is 3.42. The SMILES string of the molecule is CCOc1ccc(Cc2cc([C@@H]3OC(OCC)[C@@H](O)C[C@H]3O)ccc2Cl)cc1. The summed E-state index contributed by atoms with van der Waals surface area (Å²) in [6, 6.07) is 13.5. The summed E-state index contributed by atoms with van der Waals surface area (Å²) < 4.78 is 16.8. The number of rotatable bonds is 7. The molecule has 0 amide bonds. The lowest BCUT2D eigenvalue weighted by atomic mass is 9.94. The summed E-state index contributed by atoms with van der Waals surface area (Å²) in [4.78, 5) is 0.